The molecule has 0 aliphatic carbocycles. The van der Waals surface area contributed by atoms with Gasteiger partial charge in [0.1, 0.15) is 11.9 Å². The van der Waals surface area contributed by atoms with E-state index in [1.54, 1.807) is 24.5 Å². The van der Waals surface area contributed by atoms with Crippen molar-refractivity contribution in [1.82, 2.24) is 9.55 Å². The third kappa shape index (κ3) is 4.20. The average Bonchev–Trinajstić information content (AvgIpc) is 3.23. The second-order valence-corrected chi connectivity index (χ2v) is 8.38. The highest BCUT2D eigenvalue weighted by Crippen LogP contribution is 2.37. The Morgan fingerprint density at radius 3 is 2.34 bits per heavy atom. The molecule has 0 N–H and O–H groups in total. The molecule has 8 heteroatoms. The van der Waals surface area contributed by atoms with Crippen LogP contribution in [0.3, 0.4) is 0 Å². The molecule has 0 aliphatic heterocycles. The largest absolute Gasteiger partial charge is 0.417 e. The zero-order valence-corrected chi connectivity index (χ0v) is 17.6. The minimum atomic E-state index is -4.56. The number of nitrogens with zero attached hydrogens (tertiary/aromatic N) is 3. The molecule has 0 fully saturated rings. The van der Waals surface area contributed by atoms with Crippen molar-refractivity contribution < 1.29 is 17.4 Å². The molecule has 4 rings (SSSR count). The van der Waals surface area contributed by atoms with Gasteiger partial charge in [0.15, 0.2) is 5.69 Å². The number of alkyl halides is 3. The quantitative estimate of drug-likeness (QED) is 0.392. The van der Waals surface area contributed by atoms with Crippen LogP contribution in [-0.2, 0) is 17.0 Å². The van der Waals surface area contributed by atoms with Gasteiger partial charge >= 0.3 is 6.18 Å². The second-order valence-electron chi connectivity index (χ2n) is 7.00. The van der Waals surface area contributed by atoms with Crippen LogP contribution in [0.2, 0.25) is 0 Å². The monoisotopic (exact) mass is 451 g/mol. The van der Waals surface area contributed by atoms with Crippen molar-refractivity contribution in [3.8, 4) is 34.3 Å². The summed E-state index contributed by atoms with van der Waals surface area (Å²) in [5.74, 6) is 0.0330. The molecule has 3 aromatic carbocycles. The lowest BCUT2D eigenvalue weighted by molar-refractivity contribution is -0.137. The van der Waals surface area contributed by atoms with Crippen LogP contribution in [0.25, 0.3) is 28.2 Å². The highest BCUT2D eigenvalue weighted by molar-refractivity contribution is 7.84. The number of benzene rings is 3. The predicted molar refractivity (Wildman–Crippen MR) is 116 cm³/mol. The van der Waals surface area contributed by atoms with Crippen molar-refractivity contribution in [2.45, 2.75) is 11.1 Å². The maximum atomic E-state index is 13.6. The first kappa shape index (κ1) is 21.5. The first-order chi connectivity index (χ1) is 15.3. The summed E-state index contributed by atoms with van der Waals surface area (Å²) < 4.78 is 53.9. The van der Waals surface area contributed by atoms with Crippen molar-refractivity contribution in [2.75, 3.05) is 6.26 Å². The Bertz CT molecular complexity index is 1350. The smallest absolute Gasteiger partial charge is 0.298 e. The Morgan fingerprint density at radius 2 is 1.69 bits per heavy atom. The summed E-state index contributed by atoms with van der Waals surface area (Å²) >= 11 is 0. The first-order valence-electron chi connectivity index (χ1n) is 9.48. The molecule has 32 heavy (non-hydrogen) atoms. The fourth-order valence-electron chi connectivity index (χ4n) is 3.42. The molecule has 4 nitrogen and oxygen atoms in total. The zero-order chi connectivity index (χ0) is 22.9. The molecule has 0 saturated heterocycles. The van der Waals surface area contributed by atoms with E-state index in [-0.39, 0.29) is 17.1 Å². The number of aromatic nitrogens is 2. The molecule has 1 unspecified atom stereocenters. The summed E-state index contributed by atoms with van der Waals surface area (Å²) in [5, 5.41) is 9.29. The van der Waals surface area contributed by atoms with Gasteiger partial charge in [0.25, 0.3) is 0 Å². The van der Waals surface area contributed by atoms with Gasteiger partial charge in [0.05, 0.1) is 5.56 Å². The lowest BCUT2D eigenvalue weighted by atomic mass is 10.0. The predicted octanol–water partition coefficient (Wildman–Crippen LogP) is 5.83. The van der Waals surface area contributed by atoms with E-state index in [0.717, 1.165) is 17.2 Å². The Balaban J connectivity index is 1.80. The van der Waals surface area contributed by atoms with E-state index >= 15 is 0 Å². The number of nitriles is 1. The van der Waals surface area contributed by atoms with E-state index in [0.29, 0.717) is 10.6 Å². The van der Waals surface area contributed by atoms with Crippen LogP contribution < -0.4 is 0 Å². The molecule has 0 amide bonds. The summed E-state index contributed by atoms with van der Waals surface area (Å²) in [6.07, 6.45) is -1.54. The molecular weight excluding hydrogens is 435 g/mol. The second kappa shape index (κ2) is 8.44. The standard InChI is InChI=1S/C24H16F3N3OS/c1-32(31)20-6-4-5-17(13-20)16-9-11-19(12-10-16)30-15-18(14-28)29-23(30)21-7-2-3-8-22(21)24(25,26)27/h2-13,15H,1H3. The van der Waals surface area contributed by atoms with Gasteiger partial charge in [-0.25, -0.2) is 4.98 Å². The van der Waals surface area contributed by atoms with Crippen molar-refractivity contribution in [2.24, 2.45) is 0 Å². The first-order valence-corrected chi connectivity index (χ1v) is 11.0. The molecule has 0 radical (unpaired) electrons. The third-order valence-corrected chi connectivity index (χ3v) is 5.86. The number of halogens is 3. The molecule has 0 saturated carbocycles. The van der Waals surface area contributed by atoms with Crippen LogP contribution in [0.15, 0.2) is 83.9 Å². The minimum absolute atomic E-state index is 0.0131. The van der Waals surface area contributed by atoms with E-state index in [1.807, 2.05) is 36.4 Å². The molecule has 1 aromatic heterocycles. The summed E-state index contributed by atoms with van der Waals surface area (Å²) in [5.41, 5.74) is 1.37. The summed E-state index contributed by atoms with van der Waals surface area (Å²) in [7, 11) is -1.11. The van der Waals surface area contributed by atoms with Crippen molar-refractivity contribution in [1.29, 1.82) is 5.26 Å². The summed E-state index contributed by atoms with van der Waals surface area (Å²) in [6.45, 7) is 0. The van der Waals surface area contributed by atoms with Crippen LogP contribution in [0.1, 0.15) is 11.3 Å². The Hall–Kier alpha value is -3.70. The molecule has 4 aromatic rings. The third-order valence-electron chi connectivity index (χ3n) is 4.94. The molecule has 0 aliphatic rings. The number of hydrogen-bond donors (Lipinski definition) is 0. The number of rotatable bonds is 4. The van der Waals surface area contributed by atoms with Gasteiger partial charge in [-0.3, -0.25) is 8.78 Å². The molecule has 1 atom stereocenters. The average molecular weight is 451 g/mol. The van der Waals surface area contributed by atoms with E-state index in [9.17, 15) is 22.6 Å². The lowest BCUT2D eigenvalue weighted by Crippen LogP contribution is -2.08. The van der Waals surface area contributed by atoms with Crippen LogP contribution in [0.4, 0.5) is 13.2 Å². The van der Waals surface area contributed by atoms with Gasteiger partial charge in [-0.1, -0.05) is 42.5 Å². The topological polar surface area (TPSA) is 58.7 Å². The fourth-order valence-corrected chi connectivity index (χ4v) is 3.98. The fraction of sp³-hybridized carbons (Fsp3) is 0.0833. The van der Waals surface area contributed by atoms with Crippen molar-refractivity contribution in [3.63, 3.8) is 0 Å². The minimum Gasteiger partial charge on any atom is -0.298 e. The Morgan fingerprint density at radius 1 is 0.969 bits per heavy atom. The Labute approximate surface area is 185 Å². The van der Waals surface area contributed by atoms with Gasteiger partial charge in [-0.15, -0.1) is 0 Å². The maximum Gasteiger partial charge on any atom is 0.417 e. The molecule has 0 bridgehead atoms. The van der Waals surface area contributed by atoms with E-state index in [1.165, 1.54) is 29.0 Å². The van der Waals surface area contributed by atoms with Gasteiger partial charge in [-0.2, -0.15) is 18.4 Å². The molecule has 160 valence electrons. The van der Waals surface area contributed by atoms with Gasteiger partial charge in [0, 0.05) is 39.4 Å². The van der Waals surface area contributed by atoms with Gasteiger partial charge in [-0.05, 0) is 41.5 Å². The lowest BCUT2D eigenvalue weighted by Gasteiger charge is -2.14. The van der Waals surface area contributed by atoms with Crippen molar-refractivity contribution in [3.05, 3.63) is 90.3 Å². The maximum absolute atomic E-state index is 13.6. The van der Waals surface area contributed by atoms with Crippen LogP contribution >= 0.6 is 0 Å². The number of hydrogen-bond acceptors (Lipinski definition) is 3. The highest BCUT2D eigenvalue weighted by Gasteiger charge is 2.34. The molecular formula is C24H16F3N3OS. The molecule has 1 heterocycles. The zero-order valence-electron chi connectivity index (χ0n) is 16.8. The van der Waals surface area contributed by atoms with Gasteiger partial charge in [0.2, 0.25) is 0 Å². The Kier molecular flexibility index (Phi) is 5.68. The SMILES string of the molecule is CS(=O)c1cccc(-c2ccc(-n3cc(C#N)nc3-c3ccccc3C(F)(F)F)cc2)c1. The van der Waals surface area contributed by atoms with Gasteiger partial charge < -0.3 is 0 Å². The highest BCUT2D eigenvalue weighted by atomic mass is 32.2. The number of imidazole rings is 1. The molecule has 0 spiro atoms. The van der Waals surface area contributed by atoms with Crippen LogP contribution in [0.5, 0.6) is 0 Å². The van der Waals surface area contributed by atoms with Crippen molar-refractivity contribution >= 4 is 10.8 Å². The summed E-state index contributed by atoms with van der Waals surface area (Å²) in [4.78, 5) is 4.83. The van der Waals surface area contributed by atoms with E-state index in [2.05, 4.69) is 4.98 Å². The summed E-state index contributed by atoms with van der Waals surface area (Å²) in [6, 6.07) is 21.5. The van der Waals surface area contributed by atoms with E-state index < -0.39 is 22.5 Å². The van der Waals surface area contributed by atoms with E-state index in [4.69, 9.17) is 0 Å². The van der Waals surface area contributed by atoms with Crippen LogP contribution in [-0.4, -0.2) is 20.0 Å². The van der Waals surface area contributed by atoms with Crippen LogP contribution in [0, 0.1) is 11.3 Å². The normalized spacial score (nSPS) is 12.3.